The number of carbonyl (C=O) groups excluding carboxylic acids is 2. The number of nitrogens with two attached hydrogens (primary N) is 1. The fourth-order valence-electron chi connectivity index (χ4n) is 3.38. The summed E-state index contributed by atoms with van der Waals surface area (Å²) >= 11 is 0. The molecule has 1 aromatic carbocycles. The maximum Gasteiger partial charge on any atom is 0.436 e. The van der Waals surface area contributed by atoms with Crippen molar-refractivity contribution in [3.8, 4) is 0 Å². The van der Waals surface area contributed by atoms with Crippen LogP contribution in [0.15, 0.2) is 35.3 Å². The smallest absolute Gasteiger partial charge is 0.436 e. The third kappa shape index (κ3) is 2.56. The molecular formula is C17H18N2O7. The quantitative estimate of drug-likeness (QED) is 0.790. The molecule has 0 saturated carbocycles. The lowest BCUT2D eigenvalue weighted by molar-refractivity contribution is -0.223. The van der Waals surface area contributed by atoms with Gasteiger partial charge in [0.25, 0.3) is 0 Å². The second-order valence-electron chi connectivity index (χ2n) is 6.67. The molecule has 9 nitrogen and oxygen atoms in total. The molecule has 0 aromatic heterocycles. The van der Waals surface area contributed by atoms with E-state index in [2.05, 4.69) is 4.99 Å². The van der Waals surface area contributed by atoms with Crippen LogP contribution >= 0.6 is 0 Å². The van der Waals surface area contributed by atoms with E-state index in [1.165, 1.54) is 0 Å². The first-order valence-corrected chi connectivity index (χ1v) is 8.13. The van der Waals surface area contributed by atoms with Crippen LogP contribution in [0.3, 0.4) is 0 Å². The maximum absolute atomic E-state index is 12.2. The largest absolute Gasteiger partial charge is 0.459 e. The van der Waals surface area contributed by atoms with Gasteiger partial charge in [-0.05, 0) is 26.0 Å². The number of amidine groups is 1. The molecule has 0 radical (unpaired) electrons. The predicted molar refractivity (Wildman–Crippen MR) is 86.3 cm³/mol. The highest BCUT2D eigenvalue weighted by molar-refractivity contribution is 6.03. The van der Waals surface area contributed by atoms with Gasteiger partial charge in [0, 0.05) is 0 Å². The van der Waals surface area contributed by atoms with Crippen LogP contribution in [0.1, 0.15) is 24.2 Å². The van der Waals surface area contributed by atoms with Crippen LogP contribution in [0.5, 0.6) is 0 Å². The van der Waals surface area contributed by atoms with E-state index in [9.17, 15) is 9.59 Å². The van der Waals surface area contributed by atoms with Crippen molar-refractivity contribution < 1.29 is 33.3 Å². The number of rotatable bonds is 3. The second kappa shape index (κ2) is 5.76. The summed E-state index contributed by atoms with van der Waals surface area (Å²) in [6.07, 6.45) is -3.39. The van der Waals surface area contributed by atoms with Crippen LogP contribution in [0, 0.1) is 0 Å². The molecule has 2 N–H and O–H groups in total. The lowest BCUT2D eigenvalue weighted by Crippen LogP contribution is -2.59. The van der Waals surface area contributed by atoms with Gasteiger partial charge in [0.1, 0.15) is 12.7 Å². The van der Waals surface area contributed by atoms with E-state index in [-0.39, 0.29) is 12.4 Å². The molecule has 26 heavy (non-hydrogen) atoms. The topological polar surface area (TPSA) is 119 Å². The molecule has 2 saturated heterocycles. The minimum absolute atomic E-state index is 0.0861. The molecule has 1 spiro atoms. The summed E-state index contributed by atoms with van der Waals surface area (Å²) in [5.74, 6) is -1.57. The lowest BCUT2D eigenvalue weighted by Gasteiger charge is -2.32. The van der Waals surface area contributed by atoms with Gasteiger partial charge in [-0.1, -0.05) is 18.2 Å². The van der Waals surface area contributed by atoms with E-state index in [4.69, 9.17) is 29.4 Å². The number of fused-ring (bicyclic) bond motifs is 2. The Morgan fingerprint density at radius 3 is 2.65 bits per heavy atom. The molecule has 1 amide bonds. The Bertz CT molecular complexity index is 779. The van der Waals surface area contributed by atoms with Crippen molar-refractivity contribution in [2.75, 3.05) is 6.61 Å². The molecule has 0 bridgehead atoms. The molecule has 4 rings (SSSR count). The second-order valence-corrected chi connectivity index (χ2v) is 6.67. The molecule has 9 heteroatoms. The van der Waals surface area contributed by atoms with Gasteiger partial charge >= 0.3 is 12.1 Å². The van der Waals surface area contributed by atoms with Crippen LogP contribution in [0.2, 0.25) is 0 Å². The third-order valence-electron chi connectivity index (χ3n) is 4.50. The fourth-order valence-corrected chi connectivity index (χ4v) is 3.38. The molecule has 0 unspecified atom stereocenters. The summed E-state index contributed by atoms with van der Waals surface area (Å²) in [5.41, 5.74) is 4.86. The first kappa shape index (κ1) is 17.0. The summed E-state index contributed by atoms with van der Waals surface area (Å²) in [6, 6.07) is 8.49. The van der Waals surface area contributed by atoms with Crippen LogP contribution in [-0.4, -0.2) is 54.4 Å². The number of amides is 1. The molecule has 3 aliphatic heterocycles. The minimum atomic E-state index is -1.49. The van der Waals surface area contributed by atoms with Crippen LogP contribution in [-0.2, 0) is 23.7 Å². The maximum atomic E-state index is 12.2. The van der Waals surface area contributed by atoms with E-state index in [0.29, 0.717) is 5.56 Å². The zero-order chi connectivity index (χ0) is 18.5. The first-order valence-electron chi connectivity index (χ1n) is 8.13. The Morgan fingerprint density at radius 2 is 2.00 bits per heavy atom. The molecular weight excluding hydrogens is 344 g/mol. The highest BCUT2D eigenvalue weighted by Gasteiger charge is 2.70. The van der Waals surface area contributed by atoms with Gasteiger partial charge in [0.2, 0.25) is 5.60 Å². The van der Waals surface area contributed by atoms with E-state index >= 15 is 0 Å². The number of hydrogen-bond acceptors (Lipinski definition) is 8. The van der Waals surface area contributed by atoms with E-state index < -0.39 is 41.9 Å². The SMILES string of the molecule is CC1(C)O[C@H]2O[C@H](COC(=O)c3ccccc3)[C@@]3(OC(=O)N=C3N)[C@H]2O1. The van der Waals surface area contributed by atoms with Crippen molar-refractivity contribution in [2.24, 2.45) is 10.7 Å². The Kier molecular flexibility index (Phi) is 3.76. The fraction of sp³-hybridized carbons (Fsp3) is 0.471. The summed E-state index contributed by atoms with van der Waals surface area (Å²) in [6.45, 7) is 3.20. The normalized spacial score (nSPS) is 34.5. The zero-order valence-corrected chi connectivity index (χ0v) is 14.2. The zero-order valence-electron chi connectivity index (χ0n) is 14.2. The molecule has 1 aromatic rings. The van der Waals surface area contributed by atoms with Gasteiger partial charge in [-0.2, -0.15) is 4.99 Å². The van der Waals surface area contributed by atoms with Crippen LogP contribution in [0.25, 0.3) is 0 Å². The Labute approximate surface area is 149 Å². The number of benzene rings is 1. The average Bonchev–Trinajstić information content (AvgIpc) is 3.16. The molecule has 3 aliphatic rings. The Morgan fingerprint density at radius 1 is 1.27 bits per heavy atom. The van der Waals surface area contributed by atoms with Crippen molar-refractivity contribution in [3.05, 3.63) is 35.9 Å². The van der Waals surface area contributed by atoms with Crippen LogP contribution in [0.4, 0.5) is 4.79 Å². The monoisotopic (exact) mass is 362 g/mol. The van der Waals surface area contributed by atoms with Crippen molar-refractivity contribution >= 4 is 17.9 Å². The highest BCUT2D eigenvalue weighted by Crippen LogP contribution is 2.47. The number of nitrogens with zero attached hydrogens (tertiary/aromatic N) is 1. The highest BCUT2D eigenvalue weighted by atomic mass is 16.8. The molecule has 4 atom stereocenters. The van der Waals surface area contributed by atoms with Crippen molar-refractivity contribution in [1.82, 2.24) is 0 Å². The van der Waals surface area contributed by atoms with Gasteiger partial charge in [0.05, 0.1) is 5.56 Å². The Hall–Kier alpha value is -2.49. The van der Waals surface area contributed by atoms with E-state index in [1.54, 1.807) is 44.2 Å². The summed E-state index contributed by atoms with van der Waals surface area (Å²) in [5, 5.41) is 0. The predicted octanol–water partition coefficient (Wildman–Crippen LogP) is 0.966. The van der Waals surface area contributed by atoms with Crippen molar-refractivity contribution in [1.29, 1.82) is 0 Å². The van der Waals surface area contributed by atoms with Crippen molar-refractivity contribution in [2.45, 2.75) is 43.7 Å². The summed E-state index contributed by atoms with van der Waals surface area (Å²) < 4.78 is 28.0. The lowest BCUT2D eigenvalue weighted by atomic mass is 9.91. The summed E-state index contributed by atoms with van der Waals surface area (Å²) in [7, 11) is 0. The molecule has 3 heterocycles. The van der Waals surface area contributed by atoms with Gasteiger partial charge < -0.3 is 29.4 Å². The van der Waals surface area contributed by atoms with E-state index in [1.807, 2.05) is 0 Å². The standard InChI is InChI=1S/C17H18N2O7/c1-16(2)24-11-13(25-16)23-10(17(11)14(18)19-15(21)26-17)8-22-12(20)9-6-4-3-5-7-9/h3-7,10-11,13H,8H2,1-2H3,(H2,18,19,21)/t10-,11+,13-,17-/m1/s1. The third-order valence-corrected chi connectivity index (χ3v) is 4.50. The molecule has 0 aliphatic carbocycles. The van der Waals surface area contributed by atoms with Gasteiger partial charge in [-0.3, -0.25) is 0 Å². The number of ether oxygens (including phenoxy) is 5. The van der Waals surface area contributed by atoms with Crippen LogP contribution < -0.4 is 5.73 Å². The first-order chi connectivity index (χ1) is 12.3. The van der Waals surface area contributed by atoms with E-state index in [0.717, 1.165) is 0 Å². The van der Waals surface area contributed by atoms with Gasteiger partial charge in [-0.25, -0.2) is 9.59 Å². The van der Waals surface area contributed by atoms with Gasteiger partial charge in [0.15, 0.2) is 24.0 Å². The number of hydrogen-bond donors (Lipinski definition) is 1. The average molecular weight is 362 g/mol. The summed E-state index contributed by atoms with van der Waals surface area (Å²) in [4.78, 5) is 27.6. The molecule has 2 fully saturated rings. The number of carbonyl (C=O) groups is 2. The Balaban J connectivity index is 1.55. The number of esters is 1. The van der Waals surface area contributed by atoms with Crippen molar-refractivity contribution in [3.63, 3.8) is 0 Å². The minimum Gasteiger partial charge on any atom is -0.459 e. The van der Waals surface area contributed by atoms with Gasteiger partial charge in [-0.15, -0.1) is 0 Å². The number of aliphatic imine (C=N–C) groups is 1. The molecule has 138 valence electrons.